The molecule has 2 aromatic rings. The topological polar surface area (TPSA) is 53.6 Å². The van der Waals surface area contributed by atoms with Gasteiger partial charge in [0.15, 0.2) is 0 Å². The third-order valence-electron chi connectivity index (χ3n) is 4.79. The van der Waals surface area contributed by atoms with Crippen LogP contribution in [0, 0.1) is 0 Å². The number of hydrogen-bond donors (Lipinski definition) is 2. The first-order chi connectivity index (χ1) is 12.7. The van der Waals surface area contributed by atoms with Gasteiger partial charge in [-0.15, -0.1) is 0 Å². The summed E-state index contributed by atoms with van der Waals surface area (Å²) in [6, 6.07) is 15.5. The number of rotatable bonds is 5. The van der Waals surface area contributed by atoms with E-state index in [1.165, 1.54) is 24.9 Å². The van der Waals surface area contributed by atoms with Crippen LogP contribution in [-0.4, -0.2) is 26.2 Å². The fraction of sp³-hybridized carbons (Fsp3) is 0.381. The fourth-order valence-electron chi connectivity index (χ4n) is 3.27. The summed E-state index contributed by atoms with van der Waals surface area (Å²) in [7, 11) is 1.61. The second-order valence-electron chi connectivity index (χ2n) is 6.69. The van der Waals surface area contributed by atoms with Gasteiger partial charge in [-0.3, -0.25) is 0 Å². The molecule has 0 aromatic heterocycles. The minimum atomic E-state index is -0.231. The second kappa shape index (κ2) is 8.61. The van der Waals surface area contributed by atoms with Crippen LogP contribution < -0.4 is 20.3 Å². The van der Waals surface area contributed by atoms with E-state index in [1.54, 1.807) is 13.2 Å². The average molecular weight is 353 g/mol. The summed E-state index contributed by atoms with van der Waals surface area (Å²) in [6.45, 7) is 4.26. The largest absolute Gasteiger partial charge is 0.497 e. The van der Waals surface area contributed by atoms with Crippen molar-refractivity contribution < 1.29 is 9.53 Å². The SMILES string of the molecule is COc1cccc(NC(=O)NC(C)c2ccc(N3CCCCC3)cc2)c1. The van der Waals surface area contributed by atoms with Gasteiger partial charge in [0.25, 0.3) is 0 Å². The third-order valence-corrected chi connectivity index (χ3v) is 4.79. The number of hydrogen-bond acceptors (Lipinski definition) is 3. The quantitative estimate of drug-likeness (QED) is 0.828. The lowest BCUT2D eigenvalue weighted by Crippen LogP contribution is -2.31. The number of carbonyl (C=O) groups is 1. The molecule has 0 spiro atoms. The summed E-state index contributed by atoms with van der Waals surface area (Å²) in [5.74, 6) is 0.712. The molecule has 2 aromatic carbocycles. The normalized spacial score (nSPS) is 15.2. The van der Waals surface area contributed by atoms with Crippen LogP contribution in [0.1, 0.15) is 37.8 Å². The molecule has 5 nitrogen and oxygen atoms in total. The summed E-state index contributed by atoms with van der Waals surface area (Å²) in [5, 5.41) is 5.82. The molecule has 1 fully saturated rings. The molecule has 0 radical (unpaired) electrons. The number of methoxy groups -OCH3 is 1. The monoisotopic (exact) mass is 353 g/mol. The number of nitrogens with zero attached hydrogens (tertiary/aromatic N) is 1. The van der Waals surface area contributed by atoms with Crippen LogP contribution in [0.4, 0.5) is 16.2 Å². The molecular weight excluding hydrogens is 326 g/mol. The lowest BCUT2D eigenvalue weighted by Gasteiger charge is -2.29. The molecule has 1 unspecified atom stereocenters. The molecule has 1 aliphatic heterocycles. The molecular formula is C21H27N3O2. The van der Waals surface area contributed by atoms with Crippen molar-refractivity contribution in [2.75, 3.05) is 30.4 Å². The smallest absolute Gasteiger partial charge is 0.319 e. The highest BCUT2D eigenvalue weighted by molar-refractivity contribution is 5.89. The number of amides is 2. The van der Waals surface area contributed by atoms with E-state index in [2.05, 4.69) is 39.8 Å². The predicted octanol–water partition coefficient (Wildman–Crippen LogP) is 4.57. The molecule has 26 heavy (non-hydrogen) atoms. The highest BCUT2D eigenvalue weighted by Crippen LogP contribution is 2.22. The molecule has 2 N–H and O–H groups in total. The van der Waals surface area contributed by atoms with Crippen LogP contribution in [-0.2, 0) is 0 Å². The standard InChI is InChI=1S/C21H27N3O2/c1-16(22-21(25)23-18-7-6-8-20(15-18)26-2)17-9-11-19(12-10-17)24-13-4-3-5-14-24/h6-12,15-16H,3-5,13-14H2,1-2H3,(H2,22,23,25). The molecule has 1 saturated heterocycles. The van der Waals surface area contributed by atoms with Gasteiger partial charge >= 0.3 is 6.03 Å². The second-order valence-corrected chi connectivity index (χ2v) is 6.69. The summed E-state index contributed by atoms with van der Waals surface area (Å²) in [4.78, 5) is 14.7. The van der Waals surface area contributed by atoms with Crippen LogP contribution >= 0.6 is 0 Å². The molecule has 1 atom stereocenters. The van der Waals surface area contributed by atoms with Crippen molar-refractivity contribution in [2.45, 2.75) is 32.2 Å². The first-order valence-electron chi connectivity index (χ1n) is 9.22. The Hall–Kier alpha value is -2.69. The summed E-state index contributed by atoms with van der Waals surface area (Å²) < 4.78 is 5.17. The molecule has 3 rings (SSSR count). The van der Waals surface area contributed by atoms with Crippen molar-refractivity contribution in [1.82, 2.24) is 5.32 Å². The van der Waals surface area contributed by atoms with Gasteiger partial charge in [-0.05, 0) is 56.0 Å². The molecule has 138 valence electrons. The number of anilines is 2. The van der Waals surface area contributed by atoms with Gasteiger partial charge in [-0.25, -0.2) is 4.79 Å². The Morgan fingerprint density at radius 1 is 1.08 bits per heavy atom. The lowest BCUT2D eigenvalue weighted by atomic mass is 10.1. The molecule has 0 aliphatic carbocycles. The molecule has 1 heterocycles. The minimum absolute atomic E-state index is 0.0731. The van der Waals surface area contributed by atoms with E-state index in [4.69, 9.17) is 4.74 Å². The summed E-state index contributed by atoms with van der Waals surface area (Å²) in [5.41, 5.74) is 3.06. The van der Waals surface area contributed by atoms with Crippen LogP contribution in [0.25, 0.3) is 0 Å². The van der Waals surface area contributed by atoms with Crippen LogP contribution in [0.3, 0.4) is 0 Å². The van der Waals surface area contributed by atoms with Crippen molar-refractivity contribution in [3.05, 3.63) is 54.1 Å². The number of benzene rings is 2. The maximum absolute atomic E-state index is 12.2. The average Bonchev–Trinajstić information content (AvgIpc) is 2.69. The summed E-state index contributed by atoms with van der Waals surface area (Å²) in [6.07, 6.45) is 3.87. The first-order valence-corrected chi connectivity index (χ1v) is 9.22. The number of carbonyl (C=O) groups excluding carboxylic acids is 1. The molecule has 0 saturated carbocycles. The fourth-order valence-corrected chi connectivity index (χ4v) is 3.27. The Labute approximate surface area is 155 Å². The summed E-state index contributed by atoms with van der Waals surface area (Å²) >= 11 is 0. The maximum atomic E-state index is 12.2. The Balaban J connectivity index is 1.56. The van der Waals surface area contributed by atoms with E-state index in [0.717, 1.165) is 18.7 Å². The highest BCUT2D eigenvalue weighted by Gasteiger charge is 2.13. The van der Waals surface area contributed by atoms with Gasteiger partial charge in [0.2, 0.25) is 0 Å². The van der Waals surface area contributed by atoms with Crippen molar-refractivity contribution in [3.63, 3.8) is 0 Å². The van der Waals surface area contributed by atoms with Crippen molar-refractivity contribution >= 4 is 17.4 Å². The zero-order valence-electron chi connectivity index (χ0n) is 15.5. The Morgan fingerprint density at radius 2 is 1.81 bits per heavy atom. The predicted molar refractivity (Wildman–Crippen MR) is 106 cm³/mol. The highest BCUT2D eigenvalue weighted by atomic mass is 16.5. The van der Waals surface area contributed by atoms with Gasteiger partial charge in [0.05, 0.1) is 13.2 Å². The number of ether oxygens (including phenoxy) is 1. The van der Waals surface area contributed by atoms with E-state index >= 15 is 0 Å². The Kier molecular flexibility index (Phi) is 6.00. The zero-order chi connectivity index (χ0) is 18.4. The van der Waals surface area contributed by atoms with Gasteiger partial charge in [-0.1, -0.05) is 18.2 Å². The zero-order valence-corrected chi connectivity index (χ0v) is 15.5. The third kappa shape index (κ3) is 4.69. The van der Waals surface area contributed by atoms with Crippen LogP contribution in [0.5, 0.6) is 5.75 Å². The number of urea groups is 1. The Bertz CT molecular complexity index is 724. The van der Waals surface area contributed by atoms with Gasteiger partial charge < -0.3 is 20.3 Å². The van der Waals surface area contributed by atoms with Crippen molar-refractivity contribution in [1.29, 1.82) is 0 Å². The van der Waals surface area contributed by atoms with Gasteiger partial charge in [-0.2, -0.15) is 0 Å². The van der Waals surface area contributed by atoms with E-state index in [0.29, 0.717) is 11.4 Å². The van der Waals surface area contributed by atoms with E-state index < -0.39 is 0 Å². The first kappa shape index (κ1) is 18.1. The molecule has 2 amide bonds. The van der Waals surface area contributed by atoms with Gasteiger partial charge in [0, 0.05) is 30.5 Å². The van der Waals surface area contributed by atoms with Crippen molar-refractivity contribution in [3.8, 4) is 5.75 Å². The number of piperidine rings is 1. The van der Waals surface area contributed by atoms with E-state index in [1.807, 2.05) is 25.1 Å². The maximum Gasteiger partial charge on any atom is 0.319 e. The molecule has 5 heteroatoms. The minimum Gasteiger partial charge on any atom is -0.497 e. The van der Waals surface area contributed by atoms with E-state index in [9.17, 15) is 4.79 Å². The lowest BCUT2D eigenvalue weighted by molar-refractivity contribution is 0.249. The number of nitrogens with one attached hydrogen (secondary N) is 2. The molecule has 0 bridgehead atoms. The van der Waals surface area contributed by atoms with Crippen LogP contribution in [0.2, 0.25) is 0 Å². The van der Waals surface area contributed by atoms with Crippen molar-refractivity contribution in [2.24, 2.45) is 0 Å². The Morgan fingerprint density at radius 3 is 2.50 bits per heavy atom. The molecule has 1 aliphatic rings. The van der Waals surface area contributed by atoms with E-state index in [-0.39, 0.29) is 12.1 Å². The van der Waals surface area contributed by atoms with Gasteiger partial charge in [0.1, 0.15) is 5.75 Å². The van der Waals surface area contributed by atoms with Crippen LogP contribution in [0.15, 0.2) is 48.5 Å².